The van der Waals surface area contributed by atoms with Gasteiger partial charge in [0.25, 0.3) is 0 Å². The first kappa shape index (κ1) is 13.1. The Balaban J connectivity index is 1.89. The van der Waals surface area contributed by atoms with Crippen molar-refractivity contribution in [3.8, 4) is 0 Å². The maximum Gasteiger partial charge on any atom is 0.167 e. The van der Waals surface area contributed by atoms with Crippen molar-refractivity contribution < 1.29 is 4.79 Å². The standard InChI is InChI=1S/C16H12Br2O/c17-13-5-6-15(18)14(9-13)16(19)12-7-10-3-1-2-4-11(10)8-12/h1-6,9,12H,7-8H2. The summed E-state index contributed by atoms with van der Waals surface area (Å²) in [4.78, 5) is 12.6. The van der Waals surface area contributed by atoms with Crippen LogP contribution in [-0.4, -0.2) is 5.78 Å². The Morgan fingerprint density at radius 1 is 1.00 bits per heavy atom. The lowest BCUT2D eigenvalue weighted by molar-refractivity contribution is 0.0924. The normalized spacial score (nSPS) is 14.4. The van der Waals surface area contributed by atoms with E-state index in [0.29, 0.717) is 0 Å². The topological polar surface area (TPSA) is 17.1 Å². The first-order valence-electron chi connectivity index (χ1n) is 6.21. The van der Waals surface area contributed by atoms with Gasteiger partial charge < -0.3 is 0 Å². The number of benzene rings is 2. The summed E-state index contributed by atoms with van der Waals surface area (Å²) in [6.45, 7) is 0. The van der Waals surface area contributed by atoms with E-state index in [1.54, 1.807) is 0 Å². The molecule has 2 aromatic rings. The maximum absolute atomic E-state index is 12.6. The fourth-order valence-electron chi connectivity index (χ4n) is 2.65. The van der Waals surface area contributed by atoms with Gasteiger partial charge in [-0.15, -0.1) is 0 Å². The van der Waals surface area contributed by atoms with Crippen molar-refractivity contribution in [3.63, 3.8) is 0 Å². The summed E-state index contributed by atoms with van der Waals surface area (Å²) in [6.07, 6.45) is 1.71. The number of hydrogen-bond donors (Lipinski definition) is 0. The first-order valence-corrected chi connectivity index (χ1v) is 7.80. The third-order valence-electron chi connectivity index (χ3n) is 3.62. The van der Waals surface area contributed by atoms with Crippen LogP contribution in [0.2, 0.25) is 0 Å². The second kappa shape index (κ2) is 5.22. The highest BCUT2D eigenvalue weighted by molar-refractivity contribution is 9.11. The molecular weight excluding hydrogens is 368 g/mol. The minimum Gasteiger partial charge on any atom is -0.294 e. The van der Waals surface area contributed by atoms with E-state index < -0.39 is 0 Å². The molecule has 0 fully saturated rings. The van der Waals surface area contributed by atoms with E-state index >= 15 is 0 Å². The zero-order valence-electron chi connectivity index (χ0n) is 10.2. The van der Waals surface area contributed by atoms with E-state index in [-0.39, 0.29) is 11.7 Å². The molecule has 3 heteroatoms. The number of carbonyl (C=O) groups is 1. The van der Waals surface area contributed by atoms with Gasteiger partial charge in [-0.1, -0.05) is 56.1 Å². The number of carbonyl (C=O) groups excluding carboxylic acids is 1. The SMILES string of the molecule is O=C(c1cc(Br)ccc1Br)C1Cc2ccccc2C1. The molecule has 0 amide bonds. The highest BCUT2D eigenvalue weighted by Crippen LogP contribution is 2.31. The van der Waals surface area contributed by atoms with Crippen LogP contribution in [0.4, 0.5) is 0 Å². The van der Waals surface area contributed by atoms with Crippen LogP contribution < -0.4 is 0 Å². The van der Waals surface area contributed by atoms with Crippen molar-refractivity contribution in [1.82, 2.24) is 0 Å². The monoisotopic (exact) mass is 378 g/mol. The summed E-state index contributed by atoms with van der Waals surface area (Å²) in [5.41, 5.74) is 3.39. The summed E-state index contributed by atoms with van der Waals surface area (Å²) >= 11 is 6.90. The minimum atomic E-state index is 0.0722. The van der Waals surface area contributed by atoms with Gasteiger partial charge in [-0.3, -0.25) is 4.79 Å². The number of Topliss-reactive ketones (excluding diaryl/α,β-unsaturated/α-hetero) is 1. The van der Waals surface area contributed by atoms with Crippen LogP contribution in [0.15, 0.2) is 51.4 Å². The first-order chi connectivity index (χ1) is 9.15. The summed E-state index contributed by atoms with van der Waals surface area (Å²) < 4.78 is 1.81. The molecule has 0 N–H and O–H groups in total. The van der Waals surface area contributed by atoms with Crippen molar-refractivity contribution in [3.05, 3.63) is 68.1 Å². The Morgan fingerprint density at radius 2 is 1.63 bits per heavy atom. The van der Waals surface area contributed by atoms with Crippen molar-refractivity contribution in [2.24, 2.45) is 5.92 Å². The fraction of sp³-hybridized carbons (Fsp3) is 0.188. The molecule has 0 unspecified atom stereocenters. The van der Waals surface area contributed by atoms with Gasteiger partial charge in [-0.2, -0.15) is 0 Å². The van der Waals surface area contributed by atoms with Gasteiger partial charge in [0.1, 0.15) is 0 Å². The van der Waals surface area contributed by atoms with Crippen LogP contribution in [0.25, 0.3) is 0 Å². The van der Waals surface area contributed by atoms with Crippen LogP contribution in [-0.2, 0) is 12.8 Å². The van der Waals surface area contributed by atoms with Crippen molar-refractivity contribution in [2.45, 2.75) is 12.8 Å². The zero-order chi connectivity index (χ0) is 13.4. The minimum absolute atomic E-state index is 0.0722. The van der Waals surface area contributed by atoms with E-state index in [4.69, 9.17) is 0 Å². The lowest BCUT2D eigenvalue weighted by Gasteiger charge is -2.10. The predicted molar refractivity (Wildman–Crippen MR) is 83.5 cm³/mol. The number of halogens is 2. The fourth-order valence-corrected chi connectivity index (χ4v) is 3.45. The summed E-state index contributed by atoms with van der Waals surface area (Å²) in [7, 11) is 0. The van der Waals surface area contributed by atoms with Gasteiger partial charge >= 0.3 is 0 Å². The van der Waals surface area contributed by atoms with E-state index in [9.17, 15) is 4.79 Å². The molecule has 0 spiro atoms. The molecule has 0 bridgehead atoms. The van der Waals surface area contributed by atoms with Crippen LogP contribution >= 0.6 is 31.9 Å². The van der Waals surface area contributed by atoms with Crippen molar-refractivity contribution in [1.29, 1.82) is 0 Å². The van der Waals surface area contributed by atoms with Gasteiger partial charge in [0.05, 0.1) is 0 Å². The van der Waals surface area contributed by atoms with Crippen molar-refractivity contribution >= 4 is 37.6 Å². The third kappa shape index (κ3) is 2.54. The summed E-state index contributed by atoms with van der Waals surface area (Å²) in [5.74, 6) is 0.298. The Kier molecular flexibility index (Phi) is 3.59. The number of rotatable bonds is 2. The molecule has 96 valence electrons. The van der Waals surface area contributed by atoms with Crippen LogP contribution in [0, 0.1) is 5.92 Å². The number of ketones is 1. The molecular formula is C16H12Br2O. The highest BCUT2D eigenvalue weighted by atomic mass is 79.9. The average Bonchev–Trinajstić information content (AvgIpc) is 2.84. The quantitative estimate of drug-likeness (QED) is 0.684. The molecule has 0 atom stereocenters. The van der Waals surface area contributed by atoms with Crippen LogP contribution in [0.1, 0.15) is 21.5 Å². The van der Waals surface area contributed by atoms with E-state index in [0.717, 1.165) is 27.4 Å². The Labute approximate surface area is 129 Å². The summed E-state index contributed by atoms with van der Waals surface area (Å²) in [6, 6.07) is 14.1. The molecule has 0 aromatic heterocycles. The van der Waals surface area contributed by atoms with Gasteiger partial charge in [0, 0.05) is 20.4 Å². The Morgan fingerprint density at radius 3 is 2.26 bits per heavy atom. The molecule has 0 saturated heterocycles. The zero-order valence-corrected chi connectivity index (χ0v) is 13.4. The Bertz CT molecular complexity index is 624. The molecule has 1 aliphatic carbocycles. The predicted octanol–water partition coefficient (Wildman–Crippen LogP) is 4.81. The lowest BCUT2D eigenvalue weighted by atomic mass is 9.95. The van der Waals surface area contributed by atoms with Crippen molar-refractivity contribution in [2.75, 3.05) is 0 Å². The Hall–Kier alpha value is -0.930. The van der Waals surface area contributed by atoms with Gasteiger partial charge in [-0.25, -0.2) is 0 Å². The van der Waals surface area contributed by atoms with Gasteiger partial charge in [-0.05, 0) is 42.2 Å². The lowest BCUT2D eigenvalue weighted by Crippen LogP contribution is -2.15. The maximum atomic E-state index is 12.6. The number of fused-ring (bicyclic) bond motifs is 1. The molecule has 1 aliphatic rings. The van der Waals surface area contributed by atoms with Crippen LogP contribution in [0.3, 0.4) is 0 Å². The van der Waals surface area contributed by atoms with Gasteiger partial charge in [0.15, 0.2) is 5.78 Å². The second-order valence-corrected chi connectivity index (χ2v) is 6.63. The van der Waals surface area contributed by atoms with Gasteiger partial charge in [0.2, 0.25) is 0 Å². The largest absolute Gasteiger partial charge is 0.294 e. The number of hydrogen-bond acceptors (Lipinski definition) is 1. The highest BCUT2D eigenvalue weighted by Gasteiger charge is 2.28. The molecule has 19 heavy (non-hydrogen) atoms. The molecule has 3 rings (SSSR count). The van der Waals surface area contributed by atoms with E-state index in [2.05, 4.69) is 44.0 Å². The molecule has 0 saturated carbocycles. The average molecular weight is 380 g/mol. The molecule has 0 aliphatic heterocycles. The second-order valence-electron chi connectivity index (χ2n) is 4.86. The smallest absolute Gasteiger partial charge is 0.167 e. The van der Waals surface area contributed by atoms with E-state index in [1.807, 2.05) is 30.3 Å². The molecule has 0 heterocycles. The third-order valence-corrected chi connectivity index (χ3v) is 4.80. The molecule has 1 nitrogen and oxygen atoms in total. The molecule has 0 radical (unpaired) electrons. The summed E-state index contributed by atoms with van der Waals surface area (Å²) in [5, 5.41) is 0. The van der Waals surface area contributed by atoms with E-state index in [1.165, 1.54) is 11.1 Å². The molecule has 2 aromatic carbocycles. The van der Waals surface area contributed by atoms with Crippen LogP contribution in [0.5, 0.6) is 0 Å².